The molecule has 0 saturated carbocycles. The number of carbonyl (C=O) groups excluding carboxylic acids is 1. The van der Waals surface area contributed by atoms with E-state index in [0.29, 0.717) is 28.0 Å². The standard InChI is InChI=1S/C15H10ClF2N3O.C9H20N2/c16-11-6-20-15-14(11)8(1-2-19-15)3-10-12(17)4-9(21-7-22)5-13(10)18;1-10-6-5-9-11-7-3-2-4-8-11/h1-2,4-7H,3H2,(H,19,20)(H,21,22);10H,2-9H2,1H3. The lowest BCUT2D eigenvalue weighted by Gasteiger charge is -2.26. The second-order valence-electron chi connectivity index (χ2n) is 8.05. The van der Waals surface area contributed by atoms with E-state index in [4.69, 9.17) is 11.6 Å². The quantitative estimate of drug-likeness (QED) is 0.324. The number of piperidine rings is 1. The van der Waals surface area contributed by atoms with Crippen LogP contribution >= 0.6 is 11.6 Å². The molecule has 0 unspecified atom stereocenters. The van der Waals surface area contributed by atoms with Crippen molar-refractivity contribution >= 4 is 34.7 Å². The molecule has 178 valence electrons. The molecule has 1 aliphatic rings. The first kappa shape index (κ1) is 25.1. The first-order valence-corrected chi connectivity index (χ1v) is 11.6. The number of likely N-dealkylation sites (tertiary alicyclic amines) is 1. The van der Waals surface area contributed by atoms with Gasteiger partial charge in [0.05, 0.1) is 5.02 Å². The van der Waals surface area contributed by atoms with Crippen molar-refractivity contribution in [1.82, 2.24) is 20.2 Å². The number of carbonyl (C=O) groups is 1. The van der Waals surface area contributed by atoms with Crippen molar-refractivity contribution in [2.24, 2.45) is 0 Å². The van der Waals surface area contributed by atoms with Crippen molar-refractivity contribution in [2.75, 3.05) is 38.5 Å². The molecule has 1 saturated heterocycles. The molecule has 1 amide bonds. The van der Waals surface area contributed by atoms with Gasteiger partial charge in [-0.05, 0) is 76.3 Å². The number of anilines is 1. The number of rotatable bonds is 8. The Balaban J connectivity index is 0.000000235. The number of fused-ring (bicyclic) bond motifs is 1. The normalized spacial score (nSPS) is 14.1. The summed E-state index contributed by atoms with van der Waals surface area (Å²) in [6, 6.07) is 3.81. The van der Waals surface area contributed by atoms with E-state index in [2.05, 4.69) is 25.5 Å². The summed E-state index contributed by atoms with van der Waals surface area (Å²) in [5, 5.41) is 6.48. The first-order chi connectivity index (χ1) is 16.0. The molecule has 0 radical (unpaired) electrons. The Labute approximate surface area is 197 Å². The van der Waals surface area contributed by atoms with Gasteiger partial charge in [0, 0.05) is 35.5 Å². The molecule has 1 aliphatic heterocycles. The molecule has 1 fully saturated rings. The van der Waals surface area contributed by atoms with Gasteiger partial charge in [-0.25, -0.2) is 13.8 Å². The lowest BCUT2D eigenvalue weighted by molar-refractivity contribution is -0.105. The topological polar surface area (TPSA) is 73.1 Å². The Morgan fingerprint density at radius 1 is 1.21 bits per heavy atom. The van der Waals surface area contributed by atoms with Crippen LogP contribution in [-0.4, -0.2) is 54.5 Å². The SMILES string of the molecule is CNCCCN1CCCCC1.O=CNc1cc(F)c(Cc2ccnc3[nH]cc(Cl)c23)c(F)c1. The summed E-state index contributed by atoms with van der Waals surface area (Å²) in [5.41, 5.74) is 1.18. The fraction of sp³-hybridized carbons (Fsp3) is 0.417. The number of aromatic amines is 1. The maximum absolute atomic E-state index is 14.1. The smallest absolute Gasteiger partial charge is 0.211 e. The van der Waals surface area contributed by atoms with E-state index in [0.717, 1.165) is 18.7 Å². The summed E-state index contributed by atoms with van der Waals surface area (Å²) in [6.07, 6.45) is 9.09. The summed E-state index contributed by atoms with van der Waals surface area (Å²) in [7, 11) is 2.02. The molecular weight excluding hydrogens is 448 g/mol. The fourth-order valence-corrected chi connectivity index (χ4v) is 4.27. The van der Waals surface area contributed by atoms with Gasteiger partial charge in [0.25, 0.3) is 0 Å². The van der Waals surface area contributed by atoms with Crippen LogP contribution in [0.3, 0.4) is 0 Å². The summed E-state index contributed by atoms with van der Waals surface area (Å²) in [6.45, 7) is 5.13. The lowest BCUT2D eigenvalue weighted by atomic mass is 10.0. The van der Waals surface area contributed by atoms with E-state index >= 15 is 0 Å². The number of H-pyrrole nitrogens is 1. The first-order valence-electron chi connectivity index (χ1n) is 11.2. The molecular formula is C24H30ClF2N5O. The second-order valence-corrected chi connectivity index (χ2v) is 8.45. The van der Waals surface area contributed by atoms with Crippen LogP contribution in [0.2, 0.25) is 5.02 Å². The van der Waals surface area contributed by atoms with Crippen molar-refractivity contribution in [3.8, 4) is 0 Å². The van der Waals surface area contributed by atoms with Crippen molar-refractivity contribution in [1.29, 1.82) is 0 Å². The van der Waals surface area contributed by atoms with Gasteiger partial charge in [-0.15, -0.1) is 0 Å². The third-order valence-corrected chi connectivity index (χ3v) is 5.99. The number of nitrogens with zero attached hydrogens (tertiary/aromatic N) is 2. The molecule has 0 aliphatic carbocycles. The Hall–Kier alpha value is -2.55. The third-order valence-electron chi connectivity index (χ3n) is 5.70. The van der Waals surface area contributed by atoms with E-state index in [9.17, 15) is 13.6 Å². The van der Waals surface area contributed by atoms with Crippen molar-refractivity contribution in [2.45, 2.75) is 32.1 Å². The molecule has 0 bridgehead atoms. The highest BCUT2D eigenvalue weighted by atomic mass is 35.5. The van der Waals surface area contributed by atoms with Gasteiger partial charge >= 0.3 is 0 Å². The van der Waals surface area contributed by atoms with Crippen LogP contribution < -0.4 is 10.6 Å². The highest BCUT2D eigenvalue weighted by Gasteiger charge is 2.15. The Bertz CT molecular complexity index is 1030. The number of halogens is 3. The largest absolute Gasteiger partial charge is 0.345 e. The van der Waals surface area contributed by atoms with E-state index in [1.807, 2.05) is 7.05 Å². The molecule has 33 heavy (non-hydrogen) atoms. The highest BCUT2D eigenvalue weighted by molar-refractivity contribution is 6.35. The van der Waals surface area contributed by atoms with E-state index in [1.165, 1.54) is 45.3 Å². The third kappa shape index (κ3) is 6.96. The Kier molecular flexibility index (Phi) is 9.60. The number of hydrogen-bond acceptors (Lipinski definition) is 4. The zero-order valence-corrected chi connectivity index (χ0v) is 19.5. The number of nitrogens with one attached hydrogen (secondary N) is 3. The van der Waals surface area contributed by atoms with Crippen LogP contribution in [0.1, 0.15) is 36.8 Å². The molecule has 4 rings (SSSR count). The minimum atomic E-state index is -0.735. The van der Waals surface area contributed by atoms with E-state index in [1.54, 1.807) is 18.5 Å². The predicted octanol–water partition coefficient (Wildman–Crippen LogP) is 4.74. The Morgan fingerprint density at radius 2 is 1.94 bits per heavy atom. The fourth-order valence-electron chi connectivity index (χ4n) is 4.01. The molecule has 2 aromatic heterocycles. The van der Waals surface area contributed by atoms with Crippen molar-refractivity contribution in [3.63, 3.8) is 0 Å². The van der Waals surface area contributed by atoms with Crippen molar-refractivity contribution in [3.05, 3.63) is 58.4 Å². The van der Waals surface area contributed by atoms with Gasteiger partial charge in [0.1, 0.15) is 17.3 Å². The van der Waals surface area contributed by atoms with Crippen LogP contribution in [0, 0.1) is 11.6 Å². The van der Waals surface area contributed by atoms with Gasteiger partial charge in [-0.3, -0.25) is 4.79 Å². The molecule has 0 atom stereocenters. The van der Waals surface area contributed by atoms with E-state index in [-0.39, 0.29) is 17.7 Å². The number of benzene rings is 1. The van der Waals surface area contributed by atoms with Crippen molar-refractivity contribution < 1.29 is 13.6 Å². The lowest BCUT2D eigenvalue weighted by Crippen LogP contribution is -2.31. The van der Waals surface area contributed by atoms with Gasteiger partial charge in [-0.1, -0.05) is 18.0 Å². The number of aromatic nitrogens is 2. The van der Waals surface area contributed by atoms with Crippen LogP contribution in [0.25, 0.3) is 11.0 Å². The molecule has 3 heterocycles. The maximum atomic E-state index is 14.1. The number of hydrogen-bond donors (Lipinski definition) is 3. The number of pyridine rings is 1. The number of amides is 1. The zero-order chi connectivity index (χ0) is 23.6. The monoisotopic (exact) mass is 477 g/mol. The highest BCUT2D eigenvalue weighted by Crippen LogP contribution is 2.29. The van der Waals surface area contributed by atoms with Gasteiger partial charge in [-0.2, -0.15) is 0 Å². The molecule has 9 heteroatoms. The predicted molar refractivity (Wildman–Crippen MR) is 129 cm³/mol. The summed E-state index contributed by atoms with van der Waals surface area (Å²) >= 11 is 6.08. The average molecular weight is 478 g/mol. The van der Waals surface area contributed by atoms with Gasteiger partial charge < -0.3 is 20.5 Å². The summed E-state index contributed by atoms with van der Waals surface area (Å²) in [4.78, 5) is 19.9. The molecule has 3 aromatic rings. The summed E-state index contributed by atoms with van der Waals surface area (Å²) < 4.78 is 28.2. The van der Waals surface area contributed by atoms with Gasteiger partial charge in [0.15, 0.2) is 0 Å². The molecule has 0 spiro atoms. The van der Waals surface area contributed by atoms with Crippen LogP contribution in [0.4, 0.5) is 14.5 Å². The summed E-state index contributed by atoms with van der Waals surface area (Å²) in [5.74, 6) is -1.47. The molecule has 1 aromatic carbocycles. The molecule has 3 N–H and O–H groups in total. The second kappa shape index (κ2) is 12.6. The van der Waals surface area contributed by atoms with Gasteiger partial charge in [0.2, 0.25) is 6.41 Å². The van der Waals surface area contributed by atoms with Crippen LogP contribution in [-0.2, 0) is 11.2 Å². The van der Waals surface area contributed by atoms with E-state index < -0.39 is 11.6 Å². The van der Waals surface area contributed by atoms with Crippen LogP contribution in [0.15, 0.2) is 30.6 Å². The minimum absolute atomic E-state index is 0.0234. The minimum Gasteiger partial charge on any atom is -0.345 e. The molecule has 6 nitrogen and oxygen atoms in total. The average Bonchev–Trinajstić information content (AvgIpc) is 3.19. The Morgan fingerprint density at radius 3 is 2.61 bits per heavy atom. The maximum Gasteiger partial charge on any atom is 0.211 e. The zero-order valence-electron chi connectivity index (χ0n) is 18.8. The van der Waals surface area contributed by atoms with Crippen LogP contribution in [0.5, 0.6) is 0 Å².